The highest BCUT2D eigenvalue weighted by Gasteiger charge is 2.26. The molecular weight excluding hydrogens is 508 g/mol. The number of benzene rings is 4. The van der Waals surface area contributed by atoms with Crippen LogP contribution in [0.15, 0.2) is 60.8 Å². The average molecular weight is 552 g/mol. The summed E-state index contributed by atoms with van der Waals surface area (Å²) < 4.78 is 4.93. The molecule has 0 aliphatic heterocycles. The quantitative estimate of drug-likeness (QED) is 0.117. The van der Waals surface area contributed by atoms with Crippen LogP contribution in [-0.2, 0) is 7.05 Å². The third-order valence-electron chi connectivity index (χ3n) is 9.84. The first-order valence-corrected chi connectivity index (χ1v) is 15.7. The molecule has 0 bridgehead atoms. The highest BCUT2D eigenvalue weighted by atomic mass is 15.0. The van der Waals surface area contributed by atoms with Crippen LogP contribution >= 0.6 is 0 Å². The van der Waals surface area contributed by atoms with E-state index < -0.39 is 0 Å². The Morgan fingerprint density at radius 1 is 0.667 bits per heavy atom. The molecule has 0 aliphatic rings. The van der Waals surface area contributed by atoms with E-state index in [4.69, 9.17) is 0 Å². The van der Waals surface area contributed by atoms with E-state index >= 15 is 0 Å². The lowest BCUT2D eigenvalue weighted by Crippen LogP contribution is -2.29. The SMILES string of the molecule is Cc1ccc2c3cc(C)c(C)c4c3n(c2c1)c1cc(-c2c(C(C)C)cc(C(C)C)cc2C(C)C)cc2cc[n+](C)c4c21. The molecule has 0 saturated carbocycles. The van der Waals surface area contributed by atoms with E-state index in [0.29, 0.717) is 17.8 Å². The summed E-state index contributed by atoms with van der Waals surface area (Å²) in [6.45, 7) is 20.8. The van der Waals surface area contributed by atoms with E-state index in [0.717, 1.165) is 0 Å². The fourth-order valence-corrected chi connectivity index (χ4v) is 7.45. The maximum absolute atomic E-state index is 2.59. The normalized spacial score (nSPS) is 12.7. The number of aromatic nitrogens is 2. The van der Waals surface area contributed by atoms with Gasteiger partial charge in [0.15, 0.2) is 6.20 Å². The zero-order valence-electron chi connectivity index (χ0n) is 26.9. The molecule has 2 nitrogen and oxygen atoms in total. The second-order valence-electron chi connectivity index (χ2n) is 13.7. The predicted molar refractivity (Wildman–Crippen MR) is 182 cm³/mol. The standard InChI is InChI=1S/C40H43N2/c1-21(2)28-18-31(22(3)4)37(32(19-28)23(5)6)29-17-27-13-14-41(10)40-36-26(9)25(8)16-33-30-12-11-24(7)15-34(30)42(39(33)36)35(20-29)38(27)40/h11-23H,1-10H3/q+1. The molecule has 4 aromatic carbocycles. The van der Waals surface area contributed by atoms with Crippen molar-refractivity contribution in [3.05, 3.63) is 94.2 Å². The summed E-state index contributed by atoms with van der Waals surface area (Å²) in [6, 6.07) is 21.6. The van der Waals surface area contributed by atoms with E-state index in [1.165, 1.54) is 93.5 Å². The molecule has 212 valence electrons. The number of hydrogen-bond donors (Lipinski definition) is 0. The molecule has 42 heavy (non-hydrogen) atoms. The maximum Gasteiger partial charge on any atom is 0.224 e. The molecule has 3 aromatic heterocycles. The largest absolute Gasteiger partial charge is 0.307 e. The van der Waals surface area contributed by atoms with Crippen molar-refractivity contribution in [2.75, 3.05) is 0 Å². The smallest absolute Gasteiger partial charge is 0.224 e. The van der Waals surface area contributed by atoms with Crippen molar-refractivity contribution in [3.8, 4) is 11.1 Å². The minimum absolute atomic E-state index is 0.431. The third kappa shape index (κ3) is 3.67. The van der Waals surface area contributed by atoms with Crippen LogP contribution in [0.4, 0.5) is 0 Å². The van der Waals surface area contributed by atoms with Gasteiger partial charge < -0.3 is 4.40 Å². The molecule has 0 amide bonds. The second-order valence-corrected chi connectivity index (χ2v) is 13.7. The molecule has 0 radical (unpaired) electrons. The molecule has 2 heteroatoms. The van der Waals surface area contributed by atoms with Gasteiger partial charge in [0.25, 0.3) is 0 Å². The van der Waals surface area contributed by atoms with Gasteiger partial charge in [-0.1, -0.05) is 65.8 Å². The lowest BCUT2D eigenvalue weighted by molar-refractivity contribution is -0.643. The molecular formula is C40H43N2+. The molecule has 0 fully saturated rings. The van der Waals surface area contributed by atoms with E-state index in [9.17, 15) is 0 Å². The minimum atomic E-state index is 0.431. The number of rotatable bonds is 4. The van der Waals surface area contributed by atoms with E-state index in [2.05, 4.69) is 139 Å². The summed E-state index contributed by atoms with van der Waals surface area (Å²) in [5, 5.41) is 6.71. The van der Waals surface area contributed by atoms with E-state index in [1.54, 1.807) is 0 Å². The summed E-state index contributed by atoms with van der Waals surface area (Å²) in [5.74, 6) is 1.36. The van der Waals surface area contributed by atoms with Crippen LogP contribution in [0.1, 0.15) is 92.7 Å². The van der Waals surface area contributed by atoms with Crippen LogP contribution in [0.3, 0.4) is 0 Å². The molecule has 0 saturated heterocycles. The first-order chi connectivity index (χ1) is 20.0. The van der Waals surface area contributed by atoms with Gasteiger partial charge in [-0.2, -0.15) is 0 Å². The van der Waals surface area contributed by atoms with E-state index in [1.807, 2.05) is 0 Å². The Labute approximate surface area is 249 Å². The van der Waals surface area contributed by atoms with Crippen LogP contribution in [0.25, 0.3) is 60.1 Å². The molecule has 7 aromatic rings. The van der Waals surface area contributed by atoms with Crippen molar-refractivity contribution in [1.82, 2.24) is 4.40 Å². The van der Waals surface area contributed by atoms with Crippen LogP contribution in [-0.4, -0.2) is 4.40 Å². The Morgan fingerprint density at radius 3 is 2.00 bits per heavy atom. The van der Waals surface area contributed by atoms with Gasteiger partial charge in [-0.3, -0.25) is 0 Å². The third-order valence-corrected chi connectivity index (χ3v) is 9.84. The number of hydrogen-bond acceptors (Lipinski definition) is 0. The molecule has 0 spiro atoms. The Kier molecular flexibility index (Phi) is 5.97. The lowest BCUT2D eigenvalue weighted by atomic mass is 9.81. The molecule has 0 atom stereocenters. The maximum atomic E-state index is 2.59. The second kappa shape index (κ2) is 9.30. The highest BCUT2D eigenvalue weighted by molar-refractivity contribution is 6.26. The van der Waals surface area contributed by atoms with Gasteiger partial charge in [0.05, 0.1) is 27.3 Å². The van der Waals surface area contributed by atoms with Gasteiger partial charge in [0.1, 0.15) is 7.05 Å². The lowest BCUT2D eigenvalue weighted by Gasteiger charge is -2.24. The summed E-state index contributed by atoms with van der Waals surface area (Å²) in [7, 11) is 2.21. The van der Waals surface area contributed by atoms with Gasteiger partial charge >= 0.3 is 0 Å². The number of aryl methyl sites for hydroxylation is 4. The Hall–Kier alpha value is -3.91. The van der Waals surface area contributed by atoms with Crippen molar-refractivity contribution in [2.24, 2.45) is 7.05 Å². The molecule has 0 aliphatic carbocycles. The fourth-order valence-electron chi connectivity index (χ4n) is 7.45. The van der Waals surface area contributed by atoms with Gasteiger partial charge in [-0.15, -0.1) is 0 Å². The Bertz CT molecular complexity index is 2180. The van der Waals surface area contributed by atoms with Crippen LogP contribution in [0, 0.1) is 20.8 Å². The molecule has 7 rings (SSSR count). The van der Waals surface area contributed by atoms with Crippen LogP contribution in [0.2, 0.25) is 0 Å². The van der Waals surface area contributed by atoms with Crippen molar-refractivity contribution < 1.29 is 4.57 Å². The van der Waals surface area contributed by atoms with Crippen molar-refractivity contribution in [2.45, 2.75) is 80.1 Å². The zero-order chi connectivity index (χ0) is 29.8. The zero-order valence-corrected chi connectivity index (χ0v) is 26.9. The Morgan fingerprint density at radius 2 is 1.36 bits per heavy atom. The molecule has 0 unspecified atom stereocenters. The molecule has 0 N–H and O–H groups in total. The van der Waals surface area contributed by atoms with Crippen LogP contribution in [0.5, 0.6) is 0 Å². The van der Waals surface area contributed by atoms with Crippen molar-refractivity contribution >= 4 is 49.0 Å². The summed E-state index contributed by atoms with van der Waals surface area (Å²) in [5.41, 5.74) is 16.4. The summed E-state index contributed by atoms with van der Waals surface area (Å²) in [6.07, 6.45) is 2.26. The number of nitrogens with zero attached hydrogens (tertiary/aromatic N) is 2. The summed E-state index contributed by atoms with van der Waals surface area (Å²) in [4.78, 5) is 0. The fraction of sp³-hybridized carbons (Fsp3) is 0.325. The topological polar surface area (TPSA) is 8.29 Å². The summed E-state index contributed by atoms with van der Waals surface area (Å²) >= 11 is 0. The average Bonchev–Trinajstić information content (AvgIpc) is 3.26. The van der Waals surface area contributed by atoms with Gasteiger partial charge in [-0.05, 0) is 113 Å². The van der Waals surface area contributed by atoms with Gasteiger partial charge in [0.2, 0.25) is 5.52 Å². The van der Waals surface area contributed by atoms with Crippen LogP contribution < -0.4 is 4.57 Å². The van der Waals surface area contributed by atoms with E-state index in [-0.39, 0.29) is 0 Å². The number of fused-ring (bicyclic) bond motifs is 5. The Balaban J connectivity index is 1.76. The van der Waals surface area contributed by atoms with Crippen molar-refractivity contribution in [1.29, 1.82) is 0 Å². The van der Waals surface area contributed by atoms with Gasteiger partial charge in [0, 0.05) is 16.8 Å². The predicted octanol–water partition coefficient (Wildman–Crippen LogP) is 10.8. The minimum Gasteiger partial charge on any atom is -0.307 e. The first-order valence-electron chi connectivity index (χ1n) is 15.7. The first kappa shape index (κ1) is 27.0. The highest BCUT2D eigenvalue weighted by Crippen LogP contribution is 2.45. The number of pyridine rings is 2. The van der Waals surface area contributed by atoms with Gasteiger partial charge in [-0.25, -0.2) is 4.57 Å². The monoisotopic (exact) mass is 551 g/mol. The molecule has 3 heterocycles. The van der Waals surface area contributed by atoms with Crippen molar-refractivity contribution in [3.63, 3.8) is 0 Å².